The first-order valence-corrected chi connectivity index (χ1v) is 9.83. The Morgan fingerprint density at radius 2 is 1.45 bits per heavy atom. The number of imide groups is 1. The van der Waals surface area contributed by atoms with E-state index in [1.165, 1.54) is 18.2 Å². The van der Waals surface area contributed by atoms with Crippen LogP contribution in [0, 0.1) is 0 Å². The number of amides is 3. The third-order valence-electron chi connectivity index (χ3n) is 3.72. The van der Waals surface area contributed by atoms with Crippen LogP contribution in [0.2, 0.25) is 25.2 Å². The van der Waals surface area contributed by atoms with Crippen molar-refractivity contribution in [3.63, 3.8) is 0 Å². The molecule has 2 N–H and O–H groups in total. The van der Waals surface area contributed by atoms with Crippen molar-refractivity contribution in [2.75, 3.05) is 5.32 Å². The zero-order chi connectivity index (χ0) is 21.1. The van der Waals surface area contributed by atoms with Gasteiger partial charge in [0.15, 0.2) is 0 Å². The van der Waals surface area contributed by atoms with Gasteiger partial charge >= 0.3 is 6.03 Å². The van der Waals surface area contributed by atoms with E-state index in [-0.39, 0.29) is 31.6 Å². The van der Waals surface area contributed by atoms with Crippen LogP contribution >= 0.6 is 58.0 Å². The number of rotatable bonds is 3. The van der Waals surface area contributed by atoms with Crippen LogP contribution in [0.25, 0.3) is 11.1 Å². The van der Waals surface area contributed by atoms with E-state index in [1.807, 2.05) is 0 Å². The van der Waals surface area contributed by atoms with E-state index < -0.39 is 11.9 Å². The summed E-state index contributed by atoms with van der Waals surface area (Å²) in [6.07, 6.45) is 0. The molecular weight excluding hydrogens is 479 g/mol. The number of urea groups is 1. The van der Waals surface area contributed by atoms with Gasteiger partial charge in [0.05, 0.1) is 20.6 Å². The fourth-order valence-electron chi connectivity index (χ4n) is 2.45. The lowest BCUT2D eigenvalue weighted by Gasteiger charge is -2.11. The Bertz CT molecular complexity index is 1060. The van der Waals surface area contributed by atoms with Crippen LogP contribution < -0.4 is 10.6 Å². The van der Waals surface area contributed by atoms with E-state index in [2.05, 4.69) is 15.6 Å². The highest BCUT2D eigenvalue weighted by Crippen LogP contribution is 2.35. The van der Waals surface area contributed by atoms with Crippen LogP contribution in [0.5, 0.6) is 0 Å². The first kappa shape index (κ1) is 21.7. The molecule has 1 heterocycles. The molecule has 3 amide bonds. The number of benzene rings is 2. The molecule has 29 heavy (non-hydrogen) atoms. The van der Waals surface area contributed by atoms with Crippen molar-refractivity contribution in [3.05, 3.63) is 79.3 Å². The Balaban J connectivity index is 1.77. The topological polar surface area (TPSA) is 71.1 Å². The normalized spacial score (nSPS) is 10.5. The van der Waals surface area contributed by atoms with E-state index in [4.69, 9.17) is 58.0 Å². The van der Waals surface area contributed by atoms with Crippen LogP contribution in [0.3, 0.4) is 0 Å². The average Bonchev–Trinajstić information content (AvgIpc) is 2.62. The Kier molecular flexibility index (Phi) is 6.88. The lowest BCUT2D eigenvalue weighted by atomic mass is 10.1. The van der Waals surface area contributed by atoms with Crippen molar-refractivity contribution >= 4 is 75.8 Å². The largest absolute Gasteiger partial charge is 0.327 e. The summed E-state index contributed by atoms with van der Waals surface area (Å²) in [5.74, 6) is -0.721. The quantitative estimate of drug-likeness (QED) is 0.390. The molecule has 148 valence electrons. The van der Waals surface area contributed by atoms with E-state index in [1.54, 1.807) is 30.3 Å². The van der Waals surface area contributed by atoms with Gasteiger partial charge < -0.3 is 0 Å². The lowest BCUT2D eigenvalue weighted by molar-refractivity contribution is 0.0967. The number of carbonyl (C=O) groups excluding carboxylic acids is 2. The summed E-state index contributed by atoms with van der Waals surface area (Å²) in [5.41, 5.74) is 1.17. The van der Waals surface area contributed by atoms with Crippen molar-refractivity contribution in [2.24, 2.45) is 0 Å². The van der Waals surface area contributed by atoms with Gasteiger partial charge in [-0.1, -0.05) is 76.2 Å². The van der Waals surface area contributed by atoms with Gasteiger partial charge in [-0.2, -0.15) is 0 Å². The van der Waals surface area contributed by atoms with Gasteiger partial charge in [-0.25, -0.2) is 9.78 Å². The molecule has 0 aliphatic carbocycles. The van der Waals surface area contributed by atoms with Gasteiger partial charge in [-0.05, 0) is 29.8 Å². The molecule has 0 saturated carbocycles. The van der Waals surface area contributed by atoms with Crippen molar-refractivity contribution in [1.82, 2.24) is 10.3 Å². The molecule has 1 aromatic heterocycles. The summed E-state index contributed by atoms with van der Waals surface area (Å²) >= 11 is 30.3. The van der Waals surface area contributed by atoms with Crippen LogP contribution in [-0.4, -0.2) is 16.9 Å². The van der Waals surface area contributed by atoms with Gasteiger partial charge in [-0.3, -0.25) is 15.4 Å². The predicted molar refractivity (Wildman–Crippen MR) is 118 cm³/mol. The van der Waals surface area contributed by atoms with Gasteiger partial charge in [0.1, 0.15) is 11.0 Å². The van der Waals surface area contributed by atoms with Crippen LogP contribution in [0.1, 0.15) is 10.4 Å². The molecule has 2 aromatic carbocycles. The van der Waals surface area contributed by atoms with Crippen LogP contribution in [-0.2, 0) is 0 Å². The number of aromatic nitrogens is 1. The molecule has 0 atom stereocenters. The summed E-state index contributed by atoms with van der Waals surface area (Å²) in [5, 5.41) is 5.61. The number of halogens is 5. The minimum absolute atomic E-state index is 0.0203. The highest BCUT2D eigenvalue weighted by Gasteiger charge is 2.18. The second-order valence-electron chi connectivity index (χ2n) is 5.67. The number of anilines is 1. The first-order chi connectivity index (χ1) is 13.8. The second kappa shape index (κ2) is 9.20. The lowest BCUT2D eigenvalue weighted by Crippen LogP contribution is -2.35. The van der Waals surface area contributed by atoms with Gasteiger partial charge in [-0.15, -0.1) is 0 Å². The molecule has 0 saturated heterocycles. The molecule has 0 spiro atoms. The molecule has 0 bridgehead atoms. The number of nitrogens with zero attached hydrogens (tertiary/aromatic N) is 1. The summed E-state index contributed by atoms with van der Waals surface area (Å²) in [4.78, 5) is 28.5. The standard InChI is InChI=1S/C19H10Cl5N3O2/c20-10-6-4-9(5-7-10)15-13(23)8-14(25-17(15)24)26-19(29)27-18(28)16-11(21)2-1-3-12(16)22/h1-8H,(H2,25,26,27,28,29). The monoisotopic (exact) mass is 487 g/mol. The maximum Gasteiger partial charge on any atom is 0.327 e. The minimum Gasteiger partial charge on any atom is -0.292 e. The number of hydrogen-bond acceptors (Lipinski definition) is 3. The Morgan fingerprint density at radius 3 is 2.03 bits per heavy atom. The summed E-state index contributed by atoms with van der Waals surface area (Å²) in [7, 11) is 0. The summed E-state index contributed by atoms with van der Waals surface area (Å²) < 4.78 is 0. The zero-order valence-corrected chi connectivity index (χ0v) is 18.1. The molecule has 0 aliphatic rings. The fraction of sp³-hybridized carbons (Fsp3) is 0. The van der Waals surface area contributed by atoms with E-state index >= 15 is 0 Å². The van der Waals surface area contributed by atoms with Crippen molar-refractivity contribution in [1.29, 1.82) is 0 Å². The number of carbonyl (C=O) groups is 2. The molecule has 3 rings (SSSR count). The van der Waals surface area contributed by atoms with E-state index in [0.717, 1.165) is 0 Å². The number of nitrogens with one attached hydrogen (secondary N) is 2. The number of hydrogen-bond donors (Lipinski definition) is 2. The van der Waals surface area contributed by atoms with Gasteiger partial charge in [0.2, 0.25) is 0 Å². The highest BCUT2D eigenvalue weighted by molar-refractivity contribution is 6.40. The SMILES string of the molecule is O=C(NC(=O)c1c(Cl)cccc1Cl)Nc1cc(Cl)c(-c2ccc(Cl)cc2)c(Cl)n1. The number of pyridine rings is 1. The molecule has 3 aromatic rings. The summed E-state index contributed by atoms with van der Waals surface area (Å²) in [6, 6.07) is 12.0. The fourth-order valence-corrected chi connectivity index (χ4v) is 3.80. The third kappa shape index (κ3) is 5.13. The molecule has 0 fully saturated rings. The van der Waals surface area contributed by atoms with Crippen molar-refractivity contribution in [2.45, 2.75) is 0 Å². The minimum atomic E-state index is -0.857. The molecular formula is C19H10Cl5N3O2. The molecule has 10 heteroatoms. The molecule has 5 nitrogen and oxygen atoms in total. The predicted octanol–water partition coefficient (Wildman–Crippen LogP) is 6.98. The first-order valence-electron chi connectivity index (χ1n) is 7.94. The average molecular weight is 490 g/mol. The Morgan fingerprint density at radius 1 is 0.828 bits per heavy atom. The molecule has 0 aliphatic heterocycles. The molecule has 0 unspecified atom stereocenters. The Hall–Kier alpha value is -2.02. The van der Waals surface area contributed by atoms with Gasteiger partial charge in [0, 0.05) is 16.7 Å². The smallest absolute Gasteiger partial charge is 0.292 e. The van der Waals surface area contributed by atoms with Crippen molar-refractivity contribution in [3.8, 4) is 11.1 Å². The van der Waals surface area contributed by atoms with Crippen molar-refractivity contribution < 1.29 is 9.59 Å². The zero-order valence-electron chi connectivity index (χ0n) is 14.3. The molecule has 0 radical (unpaired) electrons. The van der Waals surface area contributed by atoms with E-state index in [0.29, 0.717) is 16.1 Å². The Labute approximate surface area is 190 Å². The van der Waals surface area contributed by atoms with Crippen LogP contribution in [0.4, 0.5) is 10.6 Å². The van der Waals surface area contributed by atoms with Gasteiger partial charge in [0.25, 0.3) is 5.91 Å². The highest BCUT2D eigenvalue weighted by atomic mass is 35.5. The second-order valence-corrected chi connectivity index (χ2v) is 7.68. The van der Waals surface area contributed by atoms with Crippen LogP contribution in [0.15, 0.2) is 48.5 Å². The maximum absolute atomic E-state index is 12.3. The third-order valence-corrected chi connectivity index (χ3v) is 5.17. The maximum atomic E-state index is 12.3. The van der Waals surface area contributed by atoms with E-state index in [9.17, 15) is 9.59 Å². The summed E-state index contributed by atoms with van der Waals surface area (Å²) in [6.45, 7) is 0.